The van der Waals surface area contributed by atoms with Crippen LogP contribution in [0.3, 0.4) is 0 Å². The van der Waals surface area contributed by atoms with Gasteiger partial charge in [0.1, 0.15) is 5.82 Å². The Morgan fingerprint density at radius 3 is 2.56 bits per heavy atom. The lowest BCUT2D eigenvalue weighted by Gasteiger charge is -2.27. The summed E-state index contributed by atoms with van der Waals surface area (Å²) in [7, 11) is 0. The number of benzene rings is 1. The normalized spacial score (nSPS) is 14.0. The van der Waals surface area contributed by atoms with Crippen molar-refractivity contribution in [1.82, 2.24) is 9.97 Å². The molecule has 1 saturated heterocycles. The molecule has 0 unspecified atom stereocenters. The summed E-state index contributed by atoms with van der Waals surface area (Å²) in [6.45, 7) is 2.08. The van der Waals surface area contributed by atoms with Gasteiger partial charge in [-0.2, -0.15) is 0 Å². The Balaban J connectivity index is 1.46. The van der Waals surface area contributed by atoms with Gasteiger partial charge in [-0.3, -0.25) is 9.78 Å². The van der Waals surface area contributed by atoms with Gasteiger partial charge in [0, 0.05) is 36.7 Å². The average molecular weight is 358 g/mol. The van der Waals surface area contributed by atoms with Crippen LogP contribution in [-0.2, 0) is 0 Å². The minimum absolute atomic E-state index is 0.161. The second-order valence-corrected chi connectivity index (χ2v) is 6.70. The zero-order valence-electron chi connectivity index (χ0n) is 15.1. The molecule has 0 aliphatic carbocycles. The molecule has 0 saturated carbocycles. The van der Waals surface area contributed by atoms with E-state index in [0.29, 0.717) is 5.56 Å². The first-order valence-corrected chi connectivity index (χ1v) is 9.33. The lowest BCUT2D eigenvalue weighted by Crippen LogP contribution is -2.30. The molecule has 1 aromatic carbocycles. The summed E-state index contributed by atoms with van der Waals surface area (Å²) >= 11 is 0. The molecule has 0 bridgehead atoms. The highest BCUT2D eigenvalue weighted by molar-refractivity contribution is 6.04. The molecule has 0 radical (unpaired) electrons. The number of aromatic nitrogens is 2. The number of carbonyl (C=O) groups excluding carboxylic acids is 1. The monoisotopic (exact) mass is 358 g/mol. The molecule has 0 atom stereocenters. The Morgan fingerprint density at radius 2 is 1.81 bits per heavy atom. The van der Waals surface area contributed by atoms with Crippen molar-refractivity contribution in [3.63, 3.8) is 0 Å². The van der Waals surface area contributed by atoms with E-state index in [9.17, 15) is 4.79 Å². The fourth-order valence-electron chi connectivity index (χ4n) is 3.32. The molecule has 5 nitrogen and oxygen atoms in total. The first-order valence-electron chi connectivity index (χ1n) is 9.33. The predicted molar refractivity (Wildman–Crippen MR) is 108 cm³/mol. The molecule has 4 rings (SSSR count). The minimum atomic E-state index is -0.161. The molecule has 27 heavy (non-hydrogen) atoms. The highest BCUT2D eigenvalue weighted by Crippen LogP contribution is 2.21. The molecular weight excluding hydrogens is 336 g/mol. The number of hydrogen-bond acceptors (Lipinski definition) is 4. The number of pyridine rings is 2. The van der Waals surface area contributed by atoms with Gasteiger partial charge in [0.25, 0.3) is 5.91 Å². The van der Waals surface area contributed by atoms with Crippen LogP contribution in [0.25, 0.3) is 11.3 Å². The van der Waals surface area contributed by atoms with Crippen LogP contribution in [0.5, 0.6) is 0 Å². The maximum atomic E-state index is 12.6. The Kier molecular flexibility index (Phi) is 5.10. The summed E-state index contributed by atoms with van der Waals surface area (Å²) in [5.41, 5.74) is 3.13. The van der Waals surface area contributed by atoms with E-state index in [0.717, 1.165) is 35.9 Å². The SMILES string of the molecule is O=C(Nc1cccc(-c2ccccn2)c1)c1ccc(N2CCCCC2)nc1. The summed E-state index contributed by atoms with van der Waals surface area (Å²) < 4.78 is 0. The molecule has 1 amide bonds. The molecule has 1 fully saturated rings. The number of nitrogens with zero attached hydrogens (tertiary/aromatic N) is 3. The van der Waals surface area contributed by atoms with E-state index >= 15 is 0 Å². The zero-order valence-corrected chi connectivity index (χ0v) is 15.1. The van der Waals surface area contributed by atoms with Crippen molar-refractivity contribution < 1.29 is 4.79 Å². The number of carbonyl (C=O) groups is 1. The summed E-state index contributed by atoms with van der Waals surface area (Å²) in [5, 5.41) is 2.95. The number of rotatable bonds is 4. The largest absolute Gasteiger partial charge is 0.357 e. The minimum Gasteiger partial charge on any atom is -0.357 e. The Morgan fingerprint density at radius 1 is 0.926 bits per heavy atom. The topological polar surface area (TPSA) is 58.1 Å². The van der Waals surface area contributed by atoms with Crippen molar-refractivity contribution in [3.05, 3.63) is 72.6 Å². The standard InChI is InChI=1S/C22H22N4O/c27-22(18-10-11-21(24-16-18)26-13-4-1-5-14-26)25-19-8-6-7-17(15-19)20-9-2-3-12-23-20/h2-3,6-12,15-16H,1,4-5,13-14H2,(H,25,27). The Bertz CT molecular complexity index is 903. The summed E-state index contributed by atoms with van der Waals surface area (Å²) in [6.07, 6.45) is 7.11. The van der Waals surface area contributed by atoms with Crippen LogP contribution in [0.4, 0.5) is 11.5 Å². The van der Waals surface area contributed by atoms with E-state index in [2.05, 4.69) is 20.2 Å². The smallest absolute Gasteiger partial charge is 0.257 e. The number of piperidine rings is 1. The van der Waals surface area contributed by atoms with Crippen molar-refractivity contribution >= 4 is 17.4 Å². The lowest BCUT2D eigenvalue weighted by molar-refractivity contribution is 0.102. The van der Waals surface area contributed by atoms with Crippen molar-refractivity contribution in [2.24, 2.45) is 0 Å². The number of hydrogen-bond donors (Lipinski definition) is 1. The molecule has 1 aliphatic rings. The van der Waals surface area contributed by atoms with Gasteiger partial charge in [0.2, 0.25) is 0 Å². The van der Waals surface area contributed by atoms with Crippen LogP contribution >= 0.6 is 0 Å². The number of nitrogens with one attached hydrogen (secondary N) is 1. The maximum absolute atomic E-state index is 12.6. The third kappa shape index (κ3) is 4.14. The first kappa shape index (κ1) is 17.2. The van der Waals surface area contributed by atoms with Crippen LogP contribution < -0.4 is 10.2 Å². The third-order valence-corrected chi connectivity index (χ3v) is 4.77. The van der Waals surface area contributed by atoms with Crippen molar-refractivity contribution in [2.45, 2.75) is 19.3 Å². The molecule has 0 spiro atoms. The average Bonchev–Trinajstić information content (AvgIpc) is 2.75. The zero-order chi connectivity index (χ0) is 18.5. The predicted octanol–water partition coefficient (Wildman–Crippen LogP) is 4.39. The first-order chi connectivity index (χ1) is 13.3. The van der Waals surface area contributed by atoms with Crippen LogP contribution in [0.15, 0.2) is 67.0 Å². The van der Waals surface area contributed by atoms with Crippen LogP contribution in [0, 0.1) is 0 Å². The molecule has 1 N–H and O–H groups in total. The fourth-order valence-corrected chi connectivity index (χ4v) is 3.32. The quantitative estimate of drug-likeness (QED) is 0.752. The molecule has 3 aromatic rings. The fraction of sp³-hybridized carbons (Fsp3) is 0.227. The van der Waals surface area contributed by atoms with E-state index in [4.69, 9.17) is 0 Å². The second-order valence-electron chi connectivity index (χ2n) is 6.70. The van der Waals surface area contributed by atoms with E-state index in [1.165, 1.54) is 19.3 Å². The Labute approximate surface area is 159 Å². The van der Waals surface area contributed by atoms with E-state index in [1.54, 1.807) is 12.4 Å². The van der Waals surface area contributed by atoms with Gasteiger partial charge in [0.05, 0.1) is 11.3 Å². The number of anilines is 2. The van der Waals surface area contributed by atoms with E-state index < -0.39 is 0 Å². The lowest BCUT2D eigenvalue weighted by atomic mass is 10.1. The van der Waals surface area contributed by atoms with Gasteiger partial charge in [0.15, 0.2) is 0 Å². The molecule has 5 heteroatoms. The Hall–Kier alpha value is -3.21. The van der Waals surface area contributed by atoms with Gasteiger partial charge in [-0.25, -0.2) is 4.98 Å². The van der Waals surface area contributed by atoms with Crippen LogP contribution in [-0.4, -0.2) is 29.0 Å². The highest BCUT2D eigenvalue weighted by atomic mass is 16.1. The second kappa shape index (κ2) is 7.99. The highest BCUT2D eigenvalue weighted by Gasteiger charge is 2.13. The van der Waals surface area contributed by atoms with Crippen LogP contribution in [0.2, 0.25) is 0 Å². The van der Waals surface area contributed by atoms with Crippen molar-refractivity contribution in [3.8, 4) is 11.3 Å². The maximum Gasteiger partial charge on any atom is 0.257 e. The van der Waals surface area contributed by atoms with Crippen LogP contribution in [0.1, 0.15) is 29.6 Å². The van der Waals surface area contributed by atoms with Gasteiger partial charge in [-0.15, -0.1) is 0 Å². The summed E-state index contributed by atoms with van der Waals surface area (Å²) in [6, 6.07) is 17.3. The molecule has 1 aliphatic heterocycles. The van der Waals surface area contributed by atoms with Gasteiger partial charge < -0.3 is 10.2 Å². The van der Waals surface area contributed by atoms with E-state index in [-0.39, 0.29) is 5.91 Å². The molecule has 3 heterocycles. The number of amides is 1. The summed E-state index contributed by atoms with van der Waals surface area (Å²) in [4.78, 5) is 23.7. The van der Waals surface area contributed by atoms with Gasteiger partial charge in [-0.05, 0) is 55.7 Å². The van der Waals surface area contributed by atoms with E-state index in [1.807, 2.05) is 54.6 Å². The molecular formula is C22H22N4O. The molecule has 136 valence electrons. The molecule has 2 aromatic heterocycles. The van der Waals surface area contributed by atoms with Gasteiger partial charge in [-0.1, -0.05) is 18.2 Å². The summed E-state index contributed by atoms with van der Waals surface area (Å²) in [5.74, 6) is 0.786. The van der Waals surface area contributed by atoms with Crippen molar-refractivity contribution in [1.29, 1.82) is 0 Å². The third-order valence-electron chi connectivity index (χ3n) is 4.77. The van der Waals surface area contributed by atoms with Gasteiger partial charge >= 0.3 is 0 Å². The van der Waals surface area contributed by atoms with Crippen molar-refractivity contribution in [2.75, 3.05) is 23.3 Å².